The molecule has 0 saturated heterocycles. The van der Waals surface area contributed by atoms with Crippen molar-refractivity contribution in [2.45, 2.75) is 17.2 Å². The second kappa shape index (κ2) is 5.44. The van der Waals surface area contributed by atoms with Crippen LogP contribution in [-0.4, -0.2) is 18.3 Å². The number of hydrogen-bond donors (Lipinski definition) is 2. The van der Waals surface area contributed by atoms with Crippen LogP contribution < -0.4 is 10.5 Å². The summed E-state index contributed by atoms with van der Waals surface area (Å²) in [5, 5.41) is 12.9. The fourth-order valence-corrected chi connectivity index (χ4v) is 4.60. The van der Waals surface area contributed by atoms with Gasteiger partial charge in [-0.25, -0.2) is 18.1 Å². The van der Waals surface area contributed by atoms with E-state index in [1.54, 1.807) is 18.5 Å². The van der Waals surface area contributed by atoms with Crippen LogP contribution in [0.1, 0.15) is 18.0 Å². The van der Waals surface area contributed by atoms with E-state index in [1.807, 2.05) is 0 Å². The molecular weight excluding hydrogens is 324 g/mol. The quantitative estimate of drug-likeness (QED) is 0.633. The molecule has 0 spiro atoms. The minimum atomic E-state index is -3.87. The topological polar surface area (TPSA) is 128 Å². The molecule has 2 rings (SSSR count). The van der Waals surface area contributed by atoms with Crippen LogP contribution in [0.5, 0.6) is 0 Å². The van der Waals surface area contributed by atoms with Crippen molar-refractivity contribution in [3.63, 3.8) is 0 Å². The smallest absolute Gasteiger partial charge is 0.304 e. The molecule has 3 N–H and O–H groups in total. The molecule has 1 unspecified atom stereocenters. The summed E-state index contributed by atoms with van der Waals surface area (Å²) in [5.74, 6) is 0. The molecule has 0 aromatic carbocycles. The molecular formula is C9H10N4O4S3. The number of thiazole rings is 1. The molecule has 8 nitrogen and oxygen atoms in total. The molecule has 0 saturated carbocycles. The number of anilines is 1. The minimum Gasteiger partial charge on any atom is -0.385 e. The number of rotatable bonds is 5. The van der Waals surface area contributed by atoms with E-state index in [0.717, 1.165) is 6.07 Å². The minimum absolute atomic E-state index is 0.141. The molecule has 1 atom stereocenters. The Balaban J connectivity index is 2.27. The van der Waals surface area contributed by atoms with E-state index in [-0.39, 0.29) is 9.21 Å². The molecule has 0 aliphatic carbocycles. The molecule has 0 fully saturated rings. The van der Waals surface area contributed by atoms with Crippen molar-refractivity contribution < 1.29 is 13.3 Å². The second-order valence-corrected chi connectivity index (χ2v) is 7.74. The lowest BCUT2D eigenvalue weighted by Crippen LogP contribution is -2.26. The van der Waals surface area contributed by atoms with Crippen molar-refractivity contribution in [1.29, 1.82) is 0 Å². The number of thiophene rings is 1. The summed E-state index contributed by atoms with van der Waals surface area (Å²) in [7, 11) is -3.87. The molecule has 2 aromatic heterocycles. The van der Waals surface area contributed by atoms with Gasteiger partial charge >= 0.3 is 5.69 Å². The Morgan fingerprint density at radius 1 is 1.55 bits per heavy atom. The van der Waals surface area contributed by atoms with E-state index < -0.39 is 26.7 Å². The number of nitro groups is 1. The van der Waals surface area contributed by atoms with Crippen molar-refractivity contribution in [3.8, 4) is 0 Å². The van der Waals surface area contributed by atoms with Crippen LogP contribution in [-0.2, 0) is 10.0 Å². The first kappa shape index (κ1) is 14.8. The Kier molecular flexibility index (Phi) is 4.04. The van der Waals surface area contributed by atoms with Crippen LogP contribution in [0.3, 0.4) is 0 Å². The highest BCUT2D eigenvalue weighted by molar-refractivity contribution is 7.91. The van der Waals surface area contributed by atoms with Crippen LogP contribution in [0.25, 0.3) is 0 Å². The summed E-state index contributed by atoms with van der Waals surface area (Å²) in [6, 6.07) is 0.430. The van der Waals surface area contributed by atoms with Crippen molar-refractivity contribution in [2.24, 2.45) is 0 Å². The first-order valence-corrected chi connectivity index (χ1v) is 8.44. The first-order chi connectivity index (χ1) is 9.31. The summed E-state index contributed by atoms with van der Waals surface area (Å²) in [6.07, 6.45) is 1.57. The van der Waals surface area contributed by atoms with E-state index in [9.17, 15) is 18.5 Å². The van der Waals surface area contributed by atoms with E-state index in [2.05, 4.69) is 9.71 Å². The standard InChI is InChI=1S/C9H10N4O4S3/c1-5(9-11-2-3-18-9)12-20(16,17)7-4-6(13(14)15)8(10)19-7/h2-5,12H,10H2,1H3. The van der Waals surface area contributed by atoms with Crippen LogP contribution >= 0.6 is 22.7 Å². The summed E-state index contributed by atoms with van der Waals surface area (Å²) < 4.78 is 26.5. The first-order valence-electron chi connectivity index (χ1n) is 5.26. The number of sulfonamides is 1. The van der Waals surface area contributed by atoms with Gasteiger partial charge in [-0.05, 0) is 6.92 Å². The van der Waals surface area contributed by atoms with Gasteiger partial charge in [0.25, 0.3) is 10.0 Å². The maximum Gasteiger partial charge on any atom is 0.304 e. The van der Waals surface area contributed by atoms with Crippen molar-refractivity contribution in [2.75, 3.05) is 5.73 Å². The zero-order chi connectivity index (χ0) is 14.9. The molecule has 0 aliphatic heterocycles. The predicted molar refractivity (Wildman–Crippen MR) is 76.2 cm³/mol. The third-order valence-corrected chi connectivity index (χ3v) is 6.26. The number of nitrogens with zero attached hydrogens (tertiary/aromatic N) is 2. The fraction of sp³-hybridized carbons (Fsp3) is 0.222. The predicted octanol–water partition coefficient (Wildman–Crippen LogP) is 1.73. The average molecular weight is 334 g/mol. The summed E-state index contributed by atoms with van der Waals surface area (Å²) in [6.45, 7) is 1.64. The maximum absolute atomic E-state index is 12.1. The van der Waals surface area contributed by atoms with Gasteiger partial charge in [0, 0.05) is 17.6 Å². The molecule has 0 amide bonds. The van der Waals surface area contributed by atoms with E-state index in [1.165, 1.54) is 11.3 Å². The average Bonchev–Trinajstić information content (AvgIpc) is 2.96. The number of nitrogens with two attached hydrogens (primary N) is 1. The summed E-state index contributed by atoms with van der Waals surface area (Å²) >= 11 is 1.97. The Bertz CT molecular complexity index is 722. The third kappa shape index (κ3) is 2.95. The van der Waals surface area contributed by atoms with Gasteiger partial charge in [-0.3, -0.25) is 10.1 Å². The van der Waals surface area contributed by atoms with Gasteiger partial charge < -0.3 is 5.73 Å². The van der Waals surface area contributed by atoms with Gasteiger partial charge in [0.2, 0.25) is 0 Å². The highest BCUT2D eigenvalue weighted by atomic mass is 32.2. The molecule has 0 bridgehead atoms. The zero-order valence-electron chi connectivity index (χ0n) is 10.1. The highest BCUT2D eigenvalue weighted by Gasteiger charge is 2.26. The van der Waals surface area contributed by atoms with E-state index in [0.29, 0.717) is 16.3 Å². The normalized spacial score (nSPS) is 13.2. The number of aromatic nitrogens is 1. The molecule has 2 heterocycles. The van der Waals surface area contributed by atoms with Crippen LogP contribution in [0.2, 0.25) is 0 Å². The molecule has 20 heavy (non-hydrogen) atoms. The zero-order valence-corrected chi connectivity index (χ0v) is 12.6. The van der Waals surface area contributed by atoms with Gasteiger partial charge in [-0.2, -0.15) is 0 Å². The summed E-state index contributed by atoms with van der Waals surface area (Å²) in [5.41, 5.74) is 5.03. The molecule has 108 valence electrons. The third-order valence-electron chi connectivity index (χ3n) is 2.33. The van der Waals surface area contributed by atoms with Crippen LogP contribution in [0, 0.1) is 10.1 Å². The van der Waals surface area contributed by atoms with Crippen molar-refractivity contribution in [3.05, 3.63) is 32.8 Å². The molecule has 0 radical (unpaired) electrons. The lowest BCUT2D eigenvalue weighted by atomic mass is 10.4. The number of nitrogen functional groups attached to an aromatic ring is 1. The Morgan fingerprint density at radius 3 is 2.75 bits per heavy atom. The second-order valence-electron chi connectivity index (χ2n) is 3.79. The molecule has 0 aliphatic rings. The largest absolute Gasteiger partial charge is 0.385 e. The van der Waals surface area contributed by atoms with Crippen molar-refractivity contribution >= 4 is 43.4 Å². The van der Waals surface area contributed by atoms with E-state index in [4.69, 9.17) is 5.73 Å². The van der Waals surface area contributed by atoms with Gasteiger partial charge in [0.1, 0.15) is 9.22 Å². The van der Waals surface area contributed by atoms with Crippen molar-refractivity contribution in [1.82, 2.24) is 9.71 Å². The fourth-order valence-electron chi connectivity index (χ4n) is 1.44. The number of nitrogens with one attached hydrogen (secondary N) is 1. The van der Waals surface area contributed by atoms with Gasteiger partial charge in [0.05, 0.1) is 11.0 Å². The molecule has 11 heteroatoms. The summed E-state index contributed by atoms with van der Waals surface area (Å²) in [4.78, 5) is 14.0. The van der Waals surface area contributed by atoms with Gasteiger partial charge in [-0.15, -0.1) is 11.3 Å². The highest BCUT2D eigenvalue weighted by Crippen LogP contribution is 2.34. The van der Waals surface area contributed by atoms with Gasteiger partial charge in [0.15, 0.2) is 5.00 Å². The molecule has 2 aromatic rings. The lowest BCUT2D eigenvalue weighted by molar-refractivity contribution is -0.383. The van der Waals surface area contributed by atoms with E-state index >= 15 is 0 Å². The lowest BCUT2D eigenvalue weighted by Gasteiger charge is -2.10. The van der Waals surface area contributed by atoms with Gasteiger partial charge in [-0.1, -0.05) is 11.3 Å². The maximum atomic E-state index is 12.1. The SMILES string of the molecule is CC(NS(=O)(=O)c1cc([N+](=O)[O-])c(N)s1)c1nccs1. The Hall–Kier alpha value is -1.56. The Labute approximate surface area is 122 Å². The van der Waals surface area contributed by atoms with Crippen LogP contribution in [0.4, 0.5) is 10.7 Å². The monoisotopic (exact) mass is 334 g/mol. The number of hydrogen-bond acceptors (Lipinski definition) is 8. The Morgan fingerprint density at radius 2 is 2.25 bits per heavy atom. The van der Waals surface area contributed by atoms with Crippen LogP contribution in [0.15, 0.2) is 21.9 Å².